The lowest BCUT2D eigenvalue weighted by molar-refractivity contribution is 0.0745. The summed E-state index contributed by atoms with van der Waals surface area (Å²) in [6, 6.07) is 6.22. The van der Waals surface area contributed by atoms with Crippen molar-refractivity contribution in [1.82, 2.24) is 9.88 Å². The van der Waals surface area contributed by atoms with Crippen molar-refractivity contribution in [3.63, 3.8) is 0 Å². The highest BCUT2D eigenvalue weighted by atomic mass is 32.1. The quantitative estimate of drug-likeness (QED) is 0.683. The molecule has 0 bridgehead atoms. The number of hydrogen-bond acceptors (Lipinski definition) is 5. The van der Waals surface area contributed by atoms with Crippen LogP contribution in [0.1, 0.15) is 33.0 Å². The Kier molecular flexibility index (Phi) is 4.23. The zero-order valence-electron chi connectivity index (χ0n) is 15.6. The first-order chi connectivity index (χ1) is 12.4. The number of hydrogen-bond donors (Lipinski definition) is 0. The molecule has 3 aromatic rings. The Balaban J connectivity index is 1.49. The molecule has 4 rings (SSSR count). The first-order valence-electron chi connectivity index (χ1n) is 8.91. The van der Waals surface area contributed by atoms with Crippen molar-refractivity contribution in [1.29, 1.82) is 0 Å². The molecule has 0 spiro atoms. The number of rotatable bonds is 2. The van der Waals surface area contributed by atoms with E-state index in [9.17, 15) is 4.79 Å². The topological polar surface area (TPSA) is 49.6 Å². The van der Waals surface area contributed by atoms with Crippen molar-refractivity contribution >= 4 is 32.6 Å². The van der Waals surface area contributed by atoms with Crippen molar-refractivity contribution in [2.45, 2.75) is 27.7 Å². The average molecular weight is 369 g/mol. The van der Waals surface area contributed by atoms with E-state index in [0.29, 0.717) is 24.4 Å². The predicted molar refractivity (Wildman–Crippen MR) is 105 cm³/mol. The van der Waals surface area contributed by atoms with Crippen LogP contribution in [0.5, 0.6) is 0 Å². The monoisotopic (exact) mass is 369 g/mol. The summed E-state index contributed by atoms with van der Waals surface area (Å²) in [6.45, 7) is 11.0. The fourth-order valence-electron chi connectivity index (χ4n) is 3.61. The summed E-state index contributed by atoms with van der Waals surface area (Å²) in [5.41, 5.74) is 4.27. The van der Waals surface area contributed by atoms with Crippen LogP contribution in [0.15, 0.2) is 22.6 Å². The van der Waals surface area contributed by atoms with Crippen molar-refractivity contribution < 1.29 is 9.21 Å². The Bertz CT molecular complexity index is 981. The van der Waals surface area contributed by atoms with Gasteiger partial charge in [0.25, 0.3) is 5.91 Å². The van der Waals surface area contributed by atoms with Crippen LogP contribution in [0.4, 0.5) is 5.13 Å². The highest BCUT2D eigenvalue weighted by Gasteiger charge is 2.26. The van der Waals surface area contributed by atoms with Gasteiger partial charge in [0.2, 0.25) is 0 Å². The van der Waals surface area contributed by atoms with E-state index in [0.717, 1.165) is 29.5 Å². The van der Waals surface area contributed by atoms with E-state index < -0.39 is 0 Å². The maximum atomic E-state index is 12.7. The Morgan fingerprint density at radius 1 is 1.08 bits per heavy atom. The number of anilines is 1. The van der Waals surface area contributed by atoms with Gasteiger partial charge in [0.05, 0.1) is 15.8 Å². The third-order valence-electron chi connectivity index (χ3n) is 4.93. The molecule has 1 aliphatic rings. The number of amides is 1. The van der Waals surface area contributed by atoms with Gasteiger partial charge in [-0.05, 0) is 51.0 Å². The van der Waals surface area contributed by atoms with Crippen molar-refractivity contribution in [2.24, 2.45) is 0 Å². The van der Waals surface area contributed by atoms with Gasteiger partial charge in [-0.25, -0.2) is 4.98 Å². The first kappa shape index (κ1) is 17.1. The maximum absolute atomic E-state index is 12.7. The molecule has 1 fully saturated rings. The van der Waals surface area contributed by atoms with Gasteiger partial charge in [-0.2, -0.15) is 0 Å². The van der Waals surface area contributed by atoms with Crippen LogP contribution in [0.3, 0.4) is 0 Å². The second-order valence-corrected chi connectivity index (χ2v) is 8.04. The lowest BCUT2D eigenvalue weighted by Gasteiger charge is -2.34. The number of thiazole rings is 1. The van der Waals surface area contributed by atoms with Gasteiger partial charge in [0, 0.05) is 26.2 Å². The van der Waals surface area contributed by atoms with Gasteiger partial charge in [0.1, 0.15) is 11.5 Å². The van der Waals surface area contributed by atoms with Crippen LogP contribution in [-0.4, -0.2) is 42.0 Å². The van der Waals surface area contributed by atoms with Crippen LogP contribution in [-0.2, 0) is 0 Å². The average Bonchev–Trinajstić information content (AvgIpc) is 3.17. The zero-order valence-corrected chi connectivity index (χ0v) is 16.4. The molecule has 2 aromatic heterocycles. The molecule has 0 unspecified atom stereocenters. The highest BCUT2D eigenvalue weighted by Crippen LogP contribution is 2.32. The molecule has 0 saturated carbocycles. The minimum absolute atomic E-state index is 0.0646. The summed E-state index contributed by atoms with van der Waals surface area (Å²) >= 11 is 1.74. The number of fused-ring (bicyclic) bond motifs is 1. The highest BCUT2D eigenvalue weighted by molar-refractivity contribution is 7.22. The van der Waals surface area contributed by atoms with Crippen LogP contribution in [0.2, 0.25) is 0 Å². The van der Waals surface area contributed by atoms with Crippen LogP contribution in [0.25, 0.3) is 10.2 Å². The van der Waals surface area contributed by atoms with Crippen molar-refractivity contribution in [2.75, 3.05) is 31.1 Å². The second-order valence-electron chi connectivity index (χ2n) is 7.03. The molecule has 0 radical (unpaired) electrons. The van der Waals surface area contributed by atoms with E-state index in [-0.39, 0.29) is 5.91 Å². The van der Waals surface area contributed by atoms with E-state index in [1.54, 1.807) is 11.3 Å². The van der Waals surface area contributed by atoms with Gasteiger partial charge >= 0.3 is 0 Å². The summed E-state index contributed by atoms with van der Waals surface area (Å²) in [5, 5.41) is 1.05. The molecule has 5 nitrogen and oxygen atoms in total. The van der Waals surface area contributed by atoms with E-state index >= 15 is 0 Å². The van der Waals surface area contributed by atoms with Gasteiger partial charge < -0.3 is 14.2 Å². The van der Waals surface area contributed by atoms with E-state index in [1.165, 1.54) is 15.8 Å². The van der Waals surface area contributed by atoms with Gasteiger partial charge in [-0.1, -0.05) is 17.4 Å². The standard InChI is InChI=1S/C20H23N3O2S/c1-12-9-13(2)18-17(10-12)26-20(21-18)23-7-5-22(6-8-23)19(24)16-11-14(3)25-15(16)4/h9-11H,5-8H2,1-4H3. The van der Waals surface area contributed by atoms with Crippen molar-refractivity contribution in [3.05, 3.63) is 46.4 Å². The normalized spacial score (nSPS) is 15.1. The molecule has 1 amide bonds. The van der Waals surface area contributed by atoms with Gasteiger partial charge in [-0.15, -0.1) is 0 Å². The van der Waals surface area contributed by atoms with Crippen LogP contribution < -0.4 is 4.90 Å². The Morgan fingerprint density at radius 2 is 1.81 bits per heavy atom. The third-order valence-corrected chi connectivity index (χ3v) is 5.99. The van der Waals surface area contributed by atoms with Crippen LogP contribution >= 0.6 is 11.3 Å². The summed E-state index contributed by atoms with van der Waals surface area (Å²) in [6.07, 6.45) is 0. The molecule has 0 N–H and O–H groups in total. The van der Waals surface area contributed by atoms with E-state index in [2.05, 4.69) is 30.9 Å². The fraction of sp³-hybridized carbons (Fsp3) is 0.400. The molecule has 136 valence electrons. The molecule has 3 heterocycles. The number of nitrogens with zero attached hydrogens (tertiary/aromatic N) is 3. The predicted octanol–water partition coefficient (Wildman–Crippen LogP) is 4.09. The van der Waals surface area contributed by atoms with E-state index in [1.807, 2.05) is 24.8 Å². The molecule has 26 heavy (non-hydrogen) atoms. The lowest BCUT2D eigenvalue weighted by Crippen LogP contribution is -2.48. The van der Waals surface area contributed by atoms with Gasteiger partial charge in [-0.3, -0.25) is 4.79 Å². The first-order valence-corrected chi connectivity index (χ1v) is 9.73. The SMILES string of the molecule is Cc1cc(C)c2nc(N3CCN(C(=O)c4cc(C)oc4C)CC3)sc2c1. The smallest absolute Gasteiger partial charge is 0.257 e. The molecule has 1 aliphatic heterocycles. The second kappa shape index (κ2) is 6.43. The molecular formula is C20H23N3O2S. The molecule has 6 heteroatoms. The maximum Gasteiger partial charge on any atom is 0.257 e. The number of carbonyl (C=O) groups is 1. The Labute approximate surface area is 157 Å². The fourth-order valence-corrected chi connectivity index (χ4v) is 4.80. The Morgan fingerprint density at radius 3 is 2.46 bits per heavy atom. The van der Waals surface area contributed by atoms with Crippen molar-refractivity contribution in [3.8, 4) is 0 Å². The van der Waals surface area contributed by atoms with E-state index in [4.69, 9.17) is 9.40 Å². The zero-order chi connectivity index (χ0) is 18.4. The lowest BCUT2D eigenvalue weighted by atomic mass is 10.1. The number of aromatic nitrogens is 1. The Hall–Kier alpha value is -2.34. The minimum atomic E-state index is 0.0646. The number of carbonyl (C=O) groups excluding carboxylic acids is 1. The molecule has 0 aliphatic carbocycles. The summed E-state index contributed by atoms with van der Waals surface area (Å²) in [7, 11) is 0. The number of piperazine rings is 1. The number of furan rings is 1. The molecule has 1 aromatic carbocycles. The summed E-state index contributed by atoms with van der Waals surface area (Å²) in [5.74, 6) is 1.55. The molecule has 1 saturated heterocycles. The number of benzene rings is 1. The molecule has 0 atom stereocenters. The molecular weight excluding hydrogens is 346 g/mol. The third kappa shape index (κ3) is 2.98. The van der Waals surface area contributed by atoms with Gasteiger partial charge in [0.15, 0.2) is 5.13 Å². The largest absolute Gasteiger partial charge is 0.466 e. The van der Waals surface area contributed by atoms with Crippen LogP contribution in [0, 0.1) is 27.7 Å². The minimum Gasteiger partial charge on any atom is -0.466 e. The number of aryl methyl sites for hydroxylation is 4. The summed E-state index contributed by atoms with van der Waals surface area (Å²) < 4.78 is 6.74. The summed E-state index contributed by atoms with van der Waals surface area (Å²) in [4.78, 5) is 21.8.